The molecule has 2 aromatic rings. The van der Waals surface area contributed by atoms with E-state index in [1.807, 2.05) is 0 Å². The second-order valence-corrected chi connectivity index (χ2v) is 4.27. The number of nitrogen functional groups attached to an aromatic ring is 1. The Balaban J connectivity index is 2.39. The highest BCUT2D eigenvalue weighted by molar-refractivity contribution is 5.97. The van der Waals surface area contributed by atoms with Gasteiger partial charge in [-0.3, -0.25) is 0 Å². The molecule has 0 amide bonds. The summed E-state index contributed by atoms with van der Waals surface area (Å²) in [5.41, 5.74) is 6.36. The smallest absolute Gasteiger partial charge is 0.340 e. The third-order valence-corrected chi connectivity index (χ3v) is 2.74. The first-order valence-electron chi connectivity index (χ1n) is 6.30. The molecule has 6 heteroatoms. The minimum Gasteiger partial charge on any atom is -0.462 e. The lowest BCUT2D eigenvalue weighted by Gasteiger charge is -2.13. The fourth-order valence-corrected chi connectivity index (χ4v) is 1.79. The standard InChI is InChI=1S/C15H14F2N2O2/c1-2-21-15(20)11-8-10(18)4-6-13(11)19-14-7-9(16)3-5-12(14)17/h3-8,19H,2,18H2,1H3. The van der Waals surface area contributed by atoms with Crippen LogP contribution in [0.2, 0.25) is 0 Å². The summed E-state index contributed by atoms with van der Waals surface area (Å²) in [6, 6.07) is 7.47. The number of nitrogens with one attached hydrogen (secondary N) is 1. The van der Waals surface area contributed by atoms with E-state index in [9.17, 15) is 13.6 Å². The van der Waals surface area contributed by atoms with Crippen LogP contribution < -0.4 is 11.1 Å². The van der Waals surface area contributed by atoms with Crippen molar-refractivity contribution >= 4 is 23.0 Å². The number of rotatable bonds is 4. The molecule has 4 nitrogen and oxygen atoms in total. The molecule has 0 aliphatic heterocycles. The highest BCUT2D eigenvalue weighted by Gasteiger charge is 2.14. The van der Waals surface area contributed by atoms with Gasteiger partial charge in [-0.05, 0) is 37.3 Å². The summed E-state index contributed by atoms with van der Waals surface area (Å²) >= 11 is 0. The van der Waals surface area contributed by atoms with Crippen molar-refractivity contribution in [1.29, 1.82) is 0 Å². The summed E-state index contributed by atoms with van der Waals surface area (Å²) < 4.78 is 31.7. The Labute approximate surface area is 120 Å². The summed E-state index contributed by atoms with van der Waals surface area (Å²) in [7, 11) is 0. The molecule has 3 N–H and O–H groups in total. The molecule has 0 saturated heterocycles. The molecule has 2 aromatic carbocycles. The molecule has 21 heavy (non-hydrogen) atoms. The largest absolute Gasteiger partial charge is 0.462 e. The molecule has 0 bridgehead atoms. The molecule has 2 rings (SSSR count). The van der Waals surface area contributed by atoms with Gasteiger partial charge in [0.2, 0.25) is 0 Å². The van der Waals surface area contributed by atoms with Gasteiger partial charge < -0.3 is 15.8 Å². The van der Waals surface area contributed by atoms with Crippen molar-refractivity contribution < 1.29 is 18.3 Å². The lowest BCUT2D eigenvalue weighted by Crippen LogP contribution is -2.09. The minimum absolute atomic E-state index is 0.0784. The maximum atomic E-state index is 13.6. The lowest BCUT2D eigenvalue weighted by molar-refractivity contribution is 0.0527. The van der Waals surface area contributed by atoms with E-state index in [0.29, 0.717) is 5.69 Å². The van der Waals surface area contributed by atoms with Crippen molar-refractivity contribution in [2.75, 3.05) is 17.7 Å². The van der Waals surface area contributed by atoms with Gasteiger partial charge in [-0.2, -0.15) is 0 Å². The van der Waals surface area contributed by atoms with E-state index >= 15 is 0 Å². The van der Waals surface area contributed by atoms with E-state index in [-0.39, 0.29) is 23.5 Å². The second-order valence-electron chi connectivity index (χ2n) is 4.27. The van der Waals surface area contributed by atoms with Gasteiger partial charge in [0.05, 0.1) is 23.5 Å². The van der Waals surface area contributed by atoms with E-state index in [1.54, 1.807) is 13.0 Å². The monoisotopic (exact) mass is 292 g/mol. The molecule has 0 atom stereocenters. The number of halogens is 2. The Kier molecular flexibility index (Phi) is 4.37. The zero-order valence-electron chi connectivity index (χ0n) is 11.3. The summed E-state index contributed by atoms with van der Waals surface area (Å²) in [5.74, 6) is -1.82. The highest BCUT2D eigenvalue weighted by atomic mass is 19.1. The fourth-order valence-electron chi connectivity index (χ4n) is 1.79. The van der Waals surface area contributed by atoms with Crippen LogP contribution >= 0.6 is 0 Å². The first-order chi connectivity index (χ1) is 10.0. The van der Waals surface area contributed by atoms with Crippen LogP contribution in [0.4, 0.5) is 25.8 Å². The number of benzene rings is 2. The van der Waals surface area contributed by atoms with Crippen LogP contribution in [0.15, 0.2) is 36.4 Å². The van der Waals surface area contributed by atoms with Crippen molar-refractivity contribution in [3.63, 3.8) is 0 Å². The number of anilines is 3. The molecule has 0 heterocycles. The predicted octanol–water partition coefficient (Wildman–Crippen LogP) is 3.47. The van der Waals surface area contributed by atoms with Gasteiger partial charge in [0.25, 0.3) is 0 Å². The summed E-state index contributed by atoms with van der Waals surface area (Å²) in [5, 5.41) is 2.68. The fraction of sp³-hybridized carbons (Fsp3) is 0.133. The van der Waals surface area contributed by atoms with E-state index in [0.717, 1.165) is 18.2 Å². The zero-order valence-corrected chi connectivity index (χ0v) is 11.3. The number of hydrogen-bond donors (Lipinski definition) is 2. The number of hydrogen-bond acceptors (Lipinski definition) is 4. The summed E-state index contributed by atoms with van der Waals surface area (Å²) in [4.78, 5) is 11.9. The molecule has 0 unspecified atom stereocenters. The van der Waals surface area contributed by atoms with E-state index in [2.05, 4.69) is 5.32 Å². The molecule has 0 fully saturated rings. The van der Waals surface area contributed by atoms with Crippen LogP contribution in [0.5, 0.6) is 0 Å². The third-order valence-electron chi connectivity index (χ3n) is 2.74. The zero-order chi connectivity index (χ0) is 15.4. The van der Waals surface area contributed by atoms with Crippen molar-refractivity contribution in [1.82, 2.24) is 0 Å². The topological polar surface area (TPSA) is 64.3 Å². The Bertz CT molecular complexity index is 675. The lowest BCUT2D eigenvalue weighted by atomic mass is 10.1. The van der Waals surface area contributed by atoms with Gasteiger partial charge in [-0.25, -0.2) is 13.6 Å². The van der Waals surface area contributed by atoms with Crippen molar-refractivity contribution in [3.8, 4) is 0 Å². The molecule has 0 spiro atoms. The molecular weight excluding hydrogens is 278 g/mol. The number of carbonyl (C=O) groups excluding carboxylic acids is 1. The average molecular weight is 292 g/mol. The van der Waals surface area contributed by atoms with Crippen molar-refractivity contribution in [2.24, 2.45) is 0 Å². The van der Waals surface area contributed by atoms with Crippen LogP contribution in [0.25, 0.3) is 0 Å². The minimum atomic E-state index is -0.636. The normalized spacial score (nSPS) is 10.2. The second kappa shape index (κ2) is 6.21. The van der Waals surface area contributed by atoms with Gasteiger partial charge in [-0.1, -0.05) is 0 Å². The first-order valence-corrected chi connectivity index (χ1v) is 6.30. The van der Waals surface area contributed by atoms with Gasteiger partial charge in [-0.15, -0.1) is 0 Å². The van der Waals surface area contributed by atoms with Crippen LogP contribution in [0, 0.1) is 11.6 Å². The van der Waals surface area contributed by atoms with Crippen molar-refractivity contribution in [3.05, 3.63) is 53.6 Å². The molecule has 0 aliphatic rings. The average Bonchev–Trinajstić information content (AvgIpc) is 2.45. The maximum absolute atomic E-state index is 13.6. The molecule has 110 valence electrons. The maximum Gasteiger partial charge on any atom is 0.340 e. The quantitative estimate of drug-likeness (QED) is 0.669. The van der Waals surface area contributed by atoms with Crippen LogP contribution in [-0.4, -0.2) is 12.6 Å². The number of nitrogens with two attached hydrogens (primary N) is 1. The molecule has 0 radical (unpaired) electrons. The van der Waals surface area contributed by atoms with E-state index < -0.39 is 17.6 Å². The Morgan fingerprint density at radius 2 is 1.95 bits per heavy atom. The molecule has 0 saturated carbocycles. The predicted molar refractivity (Wildman–Crippen MR) is 76.5 cm³/mol. The number of ether oxygens (including phenoxy) is 1. The summed E-state index contributed by atoms with van der Waals surface area (Å²) in [6.07, 6.45) is 0. The summed E-state index contributed by atoms with van der Waals surface area (Å²) in [6.45, 7) is 1.87. The van der Waals surface area contributed by atoms with Gasteiger partial charge in [0.15, 0.2) is 0 Å². The molecule has 0 aromatic heterocycles. The van der Waals surface area contributed by atoms with Crippen LogP contribution in [0.1, 0.15) is 17.3 Å². The Hall–Kier alpha value is -2.63. The number of carbonyl (C=O) groups is 1. The third kappa shape index (κ3) is 3.47. The first kappa shape index (κ1) is 14.8. The van der Waals surface area contributed by atoms with Gasteiger partial charge in [0, 0.05) is 11.8 Å². The Morgan fingerprint density at radius 1 is 1.19 bits per heavy atom. The van der Waals surface area contributed by atoms with Gasteiger partial charge >= 0.3 is 5.97 Å². The van der Waals surface area contributed by atoms with E-state index in [1.165, 1.54) is 12.1 Å². The molecule has 0 aliphatic carbocycles. The Morgan fingerprint density at radius 3 is 2.67 bits per heavy atom. The highest BCUT2D eigenvalue weighted by Crippen LogP contribution is 2.26. The number of esters is 1. The van der Waals surface area contributed by atoms with E-state index in [4.69, 9.17) is 10.5 Å². The van der Waals surface area contributed by atoms with Crippen molar-refractivity contribution in [2.45, 2.75) is 6.92 Å². The van der Waals surface area contributed by atoms with Crippen LogP contribution in [-0.2, 0) is 4.74 Å². The van der Waals surface area contributed by atoms with Gasteiger partial charge in [0.1, 0.15) is 11.6 Å². The molecular formula is C15H14F2N2O2. The van der Waals surface area contributed by atoms with Crippen LogP contribution in [0.3, 0.4) is 0 Å². The SMILES string of the molecule is CCOC(=O)c1cc(N)ccc1Nc1cc(F)ccc1F.